The summed E-state index contributed by atoms with van der Waals surface area (Å²) in [5, 5.41) is 3.60. The van der Waals surface area contributed by atoms with E-state index < -0.39 is 5.92 Å². The second-order valence-electron chi connectivity index (χ2n) is 5.42. The molecule has 0 radical (unpaired) electrons. The molecule has 0 saturated heterocycles. The van der Waals surface area contributed by atoms with E-state index in [1.165, 1.54) is 7.11 Å². The molecule has 1 aromatic carbocycles. The van der Waals surface area contributed by atoms with Crippen LogP contribution in [-0.2, 0) is 14.3 Å². The van der Waals surface area contributed by atoms with Crippen molar-refractivity contribution in [2.24, 2.45) is 5.92 Å². The fraction of sp³-hybridized carbons (Fsp3) is 0.500. The van der Waals surface area contributed by atoms with E-state index in [0.717, 1.165) is 18.4 Å². The van der Waals surface area contributed by atoms with Crippen LogP contribution in [0.3, 0.4) is 0 Å². The van der Waals surface area contributed by atoms with Gasteiger partial charge < -0.3 is 14.8 Å². The van der Waals surface area contributed by atoms with Gasteiger partial charge in [0.25, 0.3) is 0 Å². The fourth-order valence-electron chi connectivity index (χ4n) is 2.44. The minimum Gasteiger partial charge on any atom is -0.493 e. The summed E-state index contributed by atoms with van der Waals surface area (Å²) < 4.78 is 10.3. The van der Waals surface area contributed by atoms with Crippen molar-refractivity contribution < 1.29 is 19.1 Å². The fourth-order valence-corrected chi connectivity index (χ4v) is 2.60. The van der Waals surface area contributed by atoms with Gasteiger partial charge >= 0.3 is 5.97 Å². The SMILES string of the molecule is COC(=O)CC(C)C(=O)NC1CCCOc2cc(Cl)ccc21. The maximum atomic E-state index is 12.3. The Hall–Kier alpha value is -1.75. The molecule has 0 aromatic heterocycles. The number of carbonyl (C=O) groups is 2. The quantitative estimate of drug-likeness (QED) is 0.865. The third kappa shape index (κ3) is 4.13. The van der Waals surface area contributed by atoms with E-state index in [2.05, 4.69) is 10.1 Å². The monoisotopic (exact) mass is 325 g/mol. The first-order valence-electron chi connectivity index (χ1n) is 7.30. The van der Waals surface area contributed by atoms with Crippen LogP contribution in [0.1, 0.15) is 37.8 Å². The molecular formula is C16H20ClNO4. The Morgan fingerprint density at radius 3 is 3.00 bits per heavy atom. The first kappa shape index (κ1) is 16.6. The highest BCUT2D eigenvalue weighted by molar-refractivity contribution is 6.30. The molecule has 2 rings (SSSR count). The first-order valence-corrected chi connectivity index (χ1v) is 7.68. The van der Waals surface area contributed by atoms with Gasteiger partial charge in [-0.15, -0.1) is 0 Å². The third-order valence-corrected chi connectivity index (χ3v) is 3.95. The van der Waals surface area contributed by atoms with Crippen LogP contribution < -0.4 is 10.1 Å². The summed E-state index contributed by atoms with van der Waals surface area (Å²) in [6.07, 6.45) is 1.69. The number of halogens is 1. The van der Waals surface area contributed by atoms with Gasteiger partial charge in [-0.3, -0.25) is 9.59 Å². The van der Waals surface area contributed by atoms with Crippen LogP contribution in [0.25, 0.3) is 0 Å². The van der Waals surface area contributed by atoms with Crippen LogP contribution in [0.4, 0.5) is 0 Å². The number of rotatable bonds is 4. The van der Waals surface area contributed by atoms with Crippen LogP contribution in [-0.4, -0.2) is 25.6 Å². The lowest BCUT2D eigenvalue weighted by atomic mass is 10.00. The molecule has 1 aliphatic heterocycles. The summed E-state index contributed by atoms with van der Waals surface area (Å²) >= 11 is 5.99. The Kier molecular flexibility index (Phi) is 5.66. The van der Waals surface area contributed by atoms with E-state index in [0.29, 0.717) is 17.4 Å². The van der Waals surface area contributed by atoms with E-state index in [9.17, 15) is 9.59 Å². The van der Waals surface area contributed by atoms with Crippen molar-refractivity contribution in [3.8, 4) is 5.75 Å². The van der Waals surface area contributed by atoms with Gasteiger partial charge in [-0.1, -0.05) is 24.6 Å². The molecule has 2 atom stereocenters. The summed E-state index contributed by atoms with van der Waals surface area (Å²) in [6.45, 7) is 2.31. The second kappa shape index (κ2) is 7.49. The molecule has 2 unspecified atom stereocenters. The molecule has 0 bridgehead atoms. The van der Waals surface area contributed by atoms with Gasteiger partial charge in [0, 0.05) is 16.5 Å². The van der Waals surface area contributed by atoms with E-state index in [-0.39, 0.29) is 24.3 Å². The van der Waals surface area contributed by atoms with Gasteiger partial charge in [-0.25, -0.2) is 0 Å². The lowest BCUT2D eigenvalue weighted by Crippen LogP contribution is -2.33. The number of ether oxygens (including phenoxy) is 2. The number of esters is 1. The van der Waals surface area contributed by atoms with Gasteiger partial charge in [-0.05, 0) is 25.0 Å². The van der Waals surface area contributed by atoms with Crippen molar-refractivity contribution in [1.29, 1.82) is 0 Å². The third-order valence-electron chi connectivity index (χ3n) is 3.71. The van der Waals surface area contributed by atoms with Crippen molar-refractivity contribution >= 4 is 23.5 Å². The molecule has 1 aromatic rings. The second-order valence-corrected chi connectivity index (χ2v) is 5.85. The number of methoxy groups -OCH3 is 1. The average molecular weight is 326 g/mol. The molecule has 1 heterocycles. The zero-order valence-corrected chi connectivity index (χ0v) is 13.5. The minimum atomic E-state index is -0.438. The Balaban J connectivity index is 2.09. The number of hydrogen-bond acceptors (Lipinski definition) is 4. The lowest BCUT2D eigenvalue weighted by molar-refractivity contribution is -0.144. The Bertz CT molecular complexity index is 561. The largest absolute Gasteiger partial charge is 0.493 e. The molecule has 120 valence electrons. The topological polar surface area (TPSA) is 64.6 Å². The summed E-state index contributed by atoms with van der Waals surface area (Å²) in [5.74, 6) is -0.291. The maximum absolute atomic E-state index is 12.3. The molecule has 5 nitrogen and oxygen atoms in total. The van der Waals surface area contributed by atoms with E-state index >= 15 is 0 Å². The highest BCUT2D eigenvalue weighted by Gasteiger charge is 2.25. The van der Waals surface area contributed by atoms with Gasteiger partial charge in [0.1, 0.15) is 5.75 Å². The number of hydrogen-bond donors (Lipinski definition) is 1. The number of fused-ring (bicyclic) bond motifs is 1. The normalized spacial score (nSPS) is 18.4. The van der Waals surface area contributed by atoms with Gasteiger partial charge in [-0.2, -0.15) is 0 Å². The highest BCUT2D eigenvalue weighted by Crippen LogP contribution is 2.33. The molecule has 0 saturated carbocycles. The van der Waals surface area contributed by atoms with E-state index in [1.54, 1.807) is 19.1 Å². The zero-order chi connectivity index (χ0) is 16.1. The molecule has 6 heteroatoms. The van der Waals surface area contributed by atoms with E-state index in [4.69, 9.17) is 16.3 Å². The standard InChI is InChI=1S/C16H20ClNO4/c1-10(8-15(19)21-2)16(20)18-13-4-3-7-22-14-9-11(17)5-6-12(13)14/h5-6,9-10,13H,3-4,7-8H2,1-2H3,(H,18,20). The van der Waals surface area contributed by atoms with Crippen LogP contribution >= 0.6 is 11.6 Å². The predicted octanol–water partition coefficient (Wildman–Crippen LogP) is 2.87. The van der Waals surface area contributed by atoms with Crippen molar-refractivity contribution in [1.82, 2.24) is 5.32 Å². The minimum absolute atomic E-state index is 0.0685. The number of nitrogens with one attached hydrogen (secondary N) is 1. The molecule has 0 aliphatic carbocycles. The van der Waals surface area contributed by atoms with Crippen LogP contribution in [0.2, 0.25) is 5.02 Å². The Morgan fingerprint density at radius 2 is 2.27 bits per heavy atom. The maximum Gasteiger partial charge on any atom is 0.306 e. The number of amides is 1. The number of benzene rings is 1. The van der Waals surface area contributed by atoms with Crippen molar-refractivity contribution in [3.63, 3.8) is 0 Å². The average Bonchev–Trinajstić information content (AvgIpc) is 2.68. The van der Waals surface area contributed by atoms with Crippen molar-refractivity contribution in [2.75, 3.05) is 13.7 Å². The van der Waals surface area contributed by atoms with Crippen molar-refractivity contribution in [3.05, 3.63) is 28.8 Å². The summed E-state index contributed by atoms with van der Waals surface area (Å²) in [4.78, 5) is 23.5. The molecule has 0 spiro atoms. The van der Waals surface area contributed by atoms with Crippen LogP contribution in [0, 0.1) is 5.92 Å². The van der Waals surface area contributed by atoms with Gasteiger partial charge in [0.15, 0.2) is 0 Å². The summed E-state index contributed by atoms with van der Waals surface area (Å²) in [5.41, 5.74) is 0.917. The smallest absolute Gasteiger partial charge is 0.306 e. The molecule has 0 fully saturated rings. The predicted molar refractivity (Wildman–Crippen MR) is 82.9 cm³/mol. The lowest BCUT2D eigenvalue weighted by Gasteiger charge is -2.20. The highest BCUT2D eigenvalue weighted by atomic mass is 35.5. The number of carbonyl (C=O) groups excluding carboxylic acids is 2. The molecule has 1 N–H and O–H groups in total. The van der Waals surface area contributed by atoms with Crippen molar-refractivity contribution in [2.45, 2.75) is 32.2 Å². The summed E-state index contributed by atoms with van der Waals surface area (Å²) in [7, 11) is 1.32. The Morgan fingerprint density at radius 1 is 1.50 bits per heavy atom. The zero-order valence-electron chi connectivity index (χ0n) is 12.7. The van der Waals surface area contributed by atoms with Gasteiger partial charge in [0.2, 0.25) is 5.91 Å². The van der Waals surface area contributed by atoms with Crippen LogP contribution in [0.15, 0.2) is 18.2 Å². The summed E-state index contributed by atoms with van der Waals surface area (Å²) in [6, 6.07) is 5.28. The first-order chi connectivity index (χ1) is 10.5. The van der Waals surface area contributed by atoms with Crippen LogP contribution in [0.5, 0.6) is 5.75 Å². The Labute approximate surface area is 134 Å². The molecular weight excluding hydrogens is 306 g/mol. The molecule has 1 aliphatic rings. The van der Waals surface area contributed by atoms with Gasteiger partial charge in [0.05, 0.1) is 26.2 Å². The molecule has 22 heavy (non-hydrogen) atoms. The molecule has 1 amide bonds. The van der Waals surface area contributed by atoms with E-state index in [1.807, 2.05) is 6.07 Å².